The van der Waals surface area contributed by atoms with Gasteiger partial charge in [-0.1, -0.05) is 24.3 Å². The van der Waals surface area contributed by atoms with E-state index in [9.17, 15) is 0 Å². The Kier molecular flexibility index (Phi) is 4.45. The number of nitrogens with zero attached hydrogens (tertiary/aromatic N) is 4. The number of benzene rings is 1. The molecule has 2 aromatic heterocycles. The predicted octanol–water partition coefficient (Wildman–Crippen LogP) is 3.98. The van der Waals surface area contributed by atoms with Gasteiger partial charge in [0.15, 0.2) is 0 Å². The van der Waals surface area contributed by atoms with E-state index in [2.05, 4.69) is 63.2 Å². The van der Waals surface area contributed by atoms with E-state index in [-0.39, 0.29) is 0 Å². The van der Waals surface area contributed by atoms with Crippen molar-refractivity contribution in [3.63, 3.8) is 0 Å². The molecule has 0 amide bonds. The van der Waals surface area contributed by atoms with Crippen molar-refractivity contribution in [2.45, 2.75) is 38.9 Å². The van der Waals surface area contributed by atoms with E-state index >= 15 is 0 Å². The van der Waals surface area contributed by atoms with Gasteiger partial charge >= 0.3 is 0 Å². The van der Waals surface area contributed by atoms with Crippen molar-refractivity contribution in [3.05, 3.63) is 59.4 Å². The van der Waals surface area contributed by atoms with Gasteiger partial charge in [0.1, 0.15) is 5.01 Å². The molecule has 1 atom stereocenters. The Morgan fingerprint density at radius 2 is 2.17 bits per heavy atom. The first-order chi connectivity index (χ1) is 11.8. The van der Waals surface area contributed by atoms with E-state index in [4.69, 9.17) is 0 Å². The van der Waals surface area contributed by atoms with Gasteiger partial charge in [0, 0.05) is 41.6 Å². The van der Waals surface area contributed by atoms with Crippen molar-refractivity contribution in [2.24, 2.45) is 0 Å². The molecule has 0 saturated carbocycles. The number of thiazole rings is 1. The molecule has 1 aliphatic heterocycles. The van der Waals surface area contributed by atoms with E-state index in [0.717, 1.165) is 18.1 Å². The second-order valence-corrected chi connectivity index (χ2v) is 7.56. The lowest BCUT2D eigenvalue weighted by molar-refractivity contribution is 0.221. The second-order valence-electron chi connectivity index (χ2n) is 6.44. The van der Waals surface area contributed by atoms with Crippen molar-refractivity contribution >= 4 is 11.3 Å². The van der Waals surface area contributed by atoms with Crippen LogP contribution in [0.1, 0.15) is 23.3 Å². The van der Waals surface area contributed by atoms with Gasteiger partial charge in [0.2, 0.25) is 0 Å². The van der Waals surface area contributed by atoms with Crippen LogP contribution in [-0.2, 0) is 13.1 Å². The minimum atomic E-state index is 0.578. The van der Waals surface area contributed by atoms with Crippen LogP contribution in [0.5, 0.6) is 0 Å². The van der Waals surface area contributed by atoms with Gasteiger partial charge < -0.3 is 0 Å². The first-order valence-electron chi connectivity index (χ1n) is 8.52. The average molecular weight is 338 g/mol. The van der Waals surface area contributed by atoms with Crippen LogP contribution < -0.4 is 0 Å². The summed E-state index contributed by atoms with van der Waals surface area (Å²) in [6.45, 7) is 5.30. The molecule has 5 heteroatoms. The maximum atomic E-state index is 4.66. The first-order valence-corrected chi connectivity index (χ1v) is 9.33. The van der Waals surface area contributed by atoms with Crippen LogP contribution in [-0.4, -0.2) is 32.3 Å². The topological polar surface area (TPSA) is 34.0 Å². The van der Waals surface area contributed by atoms with Gasteiger partial charge in [-0.15, -0.1) is 11.3 Å². The highest BCUT2D eigenvalue weighted by Crippen LogP contribution is 2.30. The summed E-state index contributed by atoms with van der Waals surface area (Å²) < 4.78 is 2.05. The highest BCUT2D eigenvalue weighted by Gasteiger charge is 2.25. The highest BCUT2D eigenvalue weighted by atomic mass is 32.1. The SMILES string of the molecule is Cc1ccccc1-c1ncc(CN2CCC[C@H]2Cn2cccn2)s1. The fourth-order valence-electron chi connectivity index (χ4n) is 3.45. The van der Waals surface area contributed by atoms with Crippen LogP contribution in [0.25, 0.3) is 10.6 Å². The molecule has 4 nitrogen and oxygen atoms in total. The monoisotopic (exact) mass is 338 g/mol. The lowest BCUT2D eigenvalue weighted by atomic mass is 10.1. The number of aryl methyl sites for hydroxylation is 1. The molecule has 0 spiro atoms. The van der Waals surface area contributed by atoms with Crippen molar-refractivity contribution < 1.29 is 0 Å². The highest BCUT2D eigenvalue weighted by molar-refractivity contribution is 7.15. The zero-order valence-corrected chi connectivity index (χ0v) is 14.7. The molecule has 0 aliphatic carbocycles. The second kappa shape index (κ2) is 6.87. The standard InChI is InChI=1S/C19H22N4S/c1-15-6-2-3-8-18(15)19-20-12-17(24-19)14-22-10-4-7-16(22)13-23-11-5-9-21-23/h2-3,5-6,8-9,11-12,16H,4,7,10,13-14H2,1H3/t16-/m0/s1. The van der Waals surface area contributed by atoms with E-state index in [1.807, 2.05) is 23.6 Å². The van der Waals surface area contributed by atoms with Crippen LogP contribution in [0.4, 0.5) is 0 Å². The fourth-order valence-corrected chi connectivity index (χ4v) is 4.48. The zero-order valence-electron chi connectivity index (χ0n) is 13.9. The lowest BCUT2D eigenvalue weighted by Crippen LogP contribution is -2.32. The van der Waals surface area contributed by atoms with Gasteiger partial charge in [-0.3, -0.25) is 9.58 Å². The molecule has 3 heterocycles. The molecule has 0 radical (unpaired) electrons. The average Bonchev–Trinajstić information content (AvgIpc) is 3.32. The summed E-state index contributed by atoms with van der Waals surface area (Å²) in [6.07, 6.45) is 8.49. The van der Waals surface area contributed by atoms with E-state index in [1.54, 1.807) is 0 Å². The van der Waals surface area contributed by atoms with Crippen molar-refractivity contribution in [1.82, 2.24) is 19.7 Å². The Morgan fingerprint density at radius 1 is 1.25 bits per heavy atom. The summed E-state index contributed by atoms with van der Waals surface area (Å²) in [5, 5.41) is 5.49. The van der Waals surface area contributed by atoms with Gasteiger partial charge in [-0.2, -0.15) is 5.10 Å². The third-order valence-electron chi connectivity index (χ3n) is 4.74. The third kappa shape index (κ3) is 3.28. The normalized spacial score (nSPS) is 18.3. The summed E-state index contributed by atoms with van der Waals surface area (Å²) >= 11 is 1.82. The molecule has 1 aliphatic rings. The molecule has 1 saturated heterocycles. The molecule has 24 heavy (non-hydrogen) atoms. The zero-order chi connectivity index (χ0) is 16.4. The molecule has 0 bridgehead atoms. The molecule has 1 fully saturated rings. The number of likely N-dealkylation sites (tertiary alicyclic amines) is 1. The van der Waals surface area contributed by atoms with Crippen LogP contribution in [0.15, 0.2) is 48.9 Å². The summed E-state index contributed by atoms with van der Waals surface area (Å²) in [7, 11) is 0. The Balaban J connectivity index is 1.46. The maximum absolute atomic E-state index is 4.66. The summed E-state index contributed by atoms with van der Waals surface area (Å²) in [5.74, 6) is 0. The van der Waals surface area contributed by atoms with E-state index < -0.39 is 0 Å². The molecular weight excluding hydrogens is 316 g/mol. The van der Waals surface area contributed by atoms with E-state index in [0.29, 0.717) is 6.04 Å². The number of rotatable bonds is 5. The Hall–Kier alpha value is -1.98. The Bertz CT molecular complexity index is 793. The maximum Gasteiger partial charge on any atom is 0.123 e. The molecule has 0 N–H and O–H groups in total. The quantitative estimate of drug-likeness (QED) is 0.706. The molecule has 4 rings (SSSR count). The minimum Gasteiger partial charge on any atom is -0.293 e. The van der Waals surface area contributed by atoms with Crippen LogP contribution in [0.3, 0.4) is 0 Å². The number of hydrogen-bond donors (Lipinski definition) is 0. The lowest BCUT2D eigenvalue weighted by Gasteiger charge is -2.23. The number of hydrogen-bond acceptors (Lipinski definition) is 4. The van der Waals surface area contributed by atoms with Crippen molar-refractivity contribution in [3.8, 4) is 10.6 Å². The van der Waals surface area contributed by atoms with Gasteiger partial charge in [-0.05, 0) is 37.9 Å². The minimum absolute atomic E-state index is 0.578. The summed E-state index contributed by atoms with van der Waals surface area (Å²) in [5.41, 5.74) is 2.54. The molecule has 1 aromatic carbocycles. The van der Waals surface area contributed by atoms with Crippen molar-refractivity contribution in [1.29, 1.82) is 0 Å². The molecule has 0 unspecified atom stereocenters. The predicted molar refractivity (Wildman–Crippen MR) is 97.9 cm³/mol. The van der Waals surface area contributed by atoms with Gasteiger partial charge in [-0.25, -0.2) is 4.98 Å². The number of aromatic nitrogens is 3. The first kappa shape index (κ1) is 15.5. The summed E-state index contributed by atoms with van der Waals surface area (Å²) in [6, 6.07) is 11.1. The van der Waals surface area contributed by atoms with Gasteiger partial charge in [0.05, 0.1) is 6.54 Å². The summed E-state index contributed by atoms with van der Waals surface area (Å²) in [4.78, 5) is 8.59. The van der Waals surface area contributed by atoms with Crippen LogP contribution in [0, 0.1) is 6.92 Å². The van der Waals surface area contributed by atoms with Crippen LogP contribution in [0.2, 0.25) is 0 Å². The van der Waals surface area contributed by atoms with Gasteiger partial charge in [0.25, 0.3) is 0 Å². The third-order valence-corrected chi connectivity index (χ3v) is 5.76. The Morgan fingerprint density at radius 3 is 3.00 bits per heavy atom. The smallest absolute Gasteiger partial charge is 0.123 e. The largest absolute Gasteiger partial charge is 0.293 e. The molecular formula is C19H22N4S. The molecule has 3 aromatic rings. The Labute approximate surface area is 146 Å². The van der Waals surface area contributed by atoms with Crippen molar-refractivity contribution in [2.75, 3.05) is 6.54 Å². The van der Waals surface area contributed by atoms with Crippen LogP contribution >= 0.6 is 11.3 Å². The van der Waals surface area contributed by atoms with E-state index in [1.165, 1.54) is 35.4 Å². The molecule has 124 valence electrons. The fraction of sp³-hybridized carbons (Fsp3) is 0.368.